The third-order valence-corrected chi connectivity index (χ3v) is 2.98. The quantitative estimate of drug-likeness (QED) is 0.567. The summed E-state index contributed by atoms with van der Waals surface area (Å²) in [5, 5.41) is 5.66. The van der Waals surface area contributed by atoms with E-state index in [-0.39, 0.29) is 11.8 Å². The average Bonchev–Trinajstić information content (AvgIpc) is 2.36. The Kier molecular flexibility index (Phi) is 11.3. The van der Waals surface area contributed by atoms with Crippen molar-refractivity contribution in [1.82, 2.24) is 10.6 Å². The van der Waals surface area contributed by atoms with E-state index < -0.39 is 0 Å². The maximum Gasteiger partial charge on any atom is 0.221 e. The minimum absolute atomic E-state index is 0.0284. The van der Waals surface area contributed by atoms with E-state index in [1.54, 1.807) is 0 Å². The Labute approximate surface area is 117 Å². The molecule has 0 saturated carbocycles. The summed E-state index contributed by atoms with van der Waals surface area (Å²) in [5.74, 6) is 0.613. The summed E-state index contributed by atoms with van der Waals surface area (Å²) >= 11 is 0. The number of hydrogen-bond acceptors (Lipinski definition) is 2. The van der Waals surface area contributed by atoms with E-state index in [0.29, 0.717) is 25.3 Å². The predicted molar refractivity (Wildman–Crippen MR) is 78.9 cm³/mol. The summed E-state index contributed by atoms with van der Waals surface area (Å²) in [7, 11) is 0. The van der Waals surface area contributed by atoms with Crippen molar-refractivity contribution in [3.05, 3.63) is 0 Å². The van der Waals surface area contributed by atoms with Crippen LogP contribution in [0.5, 0.6) is 0 Å². The van der Waals surface area contributed by atoms with Crippen molar-refractivity contribution in [1.29, 1.82) is 0 Å². The summed E-state index contributed by atoms with van der Waals surface area (Å²) in [6, 6.07) is 0. The second kappa shape index (κ2) is 12.0. The Hall–Kier alpha value is -1.06. The van der Waals surface area contributed by atoms with Crippen molar-refractivity contribution in [3.8, 4) is 0 Å². The van der Waals surface area contributed by atoms with Gasteiger partial charge in [0.05, 0.1) is 0 Å². The molecule has 0 fully saturated rings. The lowest BCUT2D eigenvalue weighted by Gasteiger charge is -2.07. The van der Waals surface area contributed by atoms with Crippen LogP contribution in [0.25, 0.3) is 0 Å². The molecule has 0 radical (unpaired) electrons. The minimum Gasteiger partial charge on any atom is -0.356 e. The first-order chi connectivity index (χ1) is 9.06. The van der Waals surface area contributed by atoms with Gasteiger partial charge in [-0.15, -0.1) is 0 Å². The van der Waals surface area contributed by atoms with Gasteiger partial charge in [0, 0.05) is 25.9 Å². The normalized spacial score (nSPS) is 10.5. The Balaban J connectivity index is 3.39. The molecule has 0 atom stereocenters. The Morgan fingerprint density at radius 3 is 2.16 bits per heavy atom. The molecule has 0 rings (SSSR count). The fraction of sp³-hybridized carbons (Fsp3) is 0.867. The molecule has 0 saturated heterocycles. The molecule has 0 aromatic carbocycles. The van der Waals surface area contributed by atoms with Crippen LogP contribution in [0.2, 0.25) is 0 Å². The molecule has 0 aromatic heterocycles. The zero-order valence-corrected chi connectivity index (χ0v) is 12.8. The first-order valence-corrected chi connectivity index (χ1v) is 7.59. The van der Waals surface area contributed by atoms with Gasteiger partial charge in [-0.05, 0) is 18.8 Å². The fourth-order valence-electron chi connectivity index (χ4n) is 1.69. The lowest BCUT2D eigenvalue weighted by atomic mass is 10.1. The largest absolute Gasteiger partial charge is 0.356 e. The smallest absolute Gasteiger partial charge is 0.221 e. The van der Waals surface area contributed by atoms with Crippen LogP contribution in [0.4, 0.5) is 0 Å². The van der Waals surface area contributed by atoms with Gasteiger partial charge in [0.1, 0.15) is 0 Å². The molecule has 0 heterocycles. The standard InChI is InChI=1S/C15H30N2O2/c1-4-5-6-7-11-16-15(19)10-12-17-14(18)9-8-13(2)3/h13H,4-12H2,1-3H3,(H,16,19)(H,17,18). The lowest BCUT2D eigenvalue weighted by Crippen LogP contribution is -2.31. The third kappa shape index (κ3) is 13.2. The van der Waals surface area contributed by atoms with Crippen molar-refractivity contribution in [2.45, 2.75) is 65.7 Å². The number of carbonyl (C=O) groups is 2. The van der Waals surface area contributed by atoms with E-state index >= 15 is 0 Å². The summed E-state index contributed by atoms with van der Waals surface area (Å²) in [6.45, 7) is 7.55. The number of unbranched alkanes of at least 4 members (excludes halogenated alkanes) is 3. The number of nitrogens with one attached hydrogen (secondary N) is 2. The fourth-order valence-corrected chi connectivity index (χ4v) is 1.69. The van der Waals surface area contributed by atoms with Gasteiger partial charge in [-0.25, -0.2) is 0 Å². The van der Waals surface area contributed by atoms with Crippen molar-refractivity contribution in [3.63, 3.8) is 0 Å². The molecule has 4 heteroatoms. The minimum atomic E-state index is 0.0284. The molecular weight excluding hydrogens is 240 g/mol. The highest BCUT2D eigenvalue weighted by Gasteiger charge is 2.04. The van der Waals surface area contributed by atoms with Crippen LogP contribution in [0.1, 0.15) is 65.7 Å². The van der Waals surface area contributed by atoms with Gasteiger partial charge in [-0.3, -0.25) is 9.59 Å². The van der Waals surface area contributed by atoms with E-state index in [1.807, 2.05) is 0 Å². The topological polar surface area (TPSA) is 58.2 Å². The highest BCUT2D eigenvalue weighted by atomic mass is 16.2. The van der Waals surface area contributed by atoms with Gasteiger partial charge in [0.2, 0.25) is 11.8 Å². The molecule has 2 amide bonds. The molecule has 0 aliphatic heterocycles. The Bertz CT molecular complexity index is 253. The molecule has 0 aliphatic carbocycles. The van der Waals surface area contributed by atoms with Crippen LogP contribution in [0, 0.1) is 5.92 Å². The first kappa shape index (κ1) is 17.9. The predicted octanol–water partition coefficient (Wildman–Crippen LogP) is 2.63. The number of carbonyl (C=O) groups excluding carboxylic acids is 2. The SMILES string of the molecule is CCCCCCNC(=O)CCNC(=O)CCC(C)C. The van der Waals surface area contributed by atoms with Gasteiger partial charge in [-0.1, -0.05) is 40.0 Å². The zero-order valence-electron chi connectivity index (χ0n) is 12.8. The van der Waals surface area contributed by atoms with Gasteiger partial charge < -0.3 is 10.6 Å². The lowest BCUT2D eigenvalue weighted by molar-refractivity contribution is -0.122. The van der Waals surface area contributed by atoms with Crippen molar-refractivity contribution in [2.75, 3.05) is 13.1 Å². The molecule has 2 N–H and O–H groups in total. The maximum atomic E-state index is 11.5. The average molecular weight is 270 g/mol. The Morgan fingerprint density at radius 2 is 1.53 bits per heavy atom. The molecule has 19 heavy (non-hydrogen) atoms. The van der Waals surface area contributed by atoms with Crippen LogP contribution >= 0.6 is 0 Å². The van der Waals surface area contributed by atoms with Gasteiger partial charge >= 0.3 is 0 Å². The van der Waals surface area contributed by atoms with Crippen molar-refractivity contribution >= 4 is 11.8 Å². The summed E-state index contributed by atoms with van der Waals surface area (Å²) in [4.78, 5) is 22.9. The molecular formula is C15H30N2O2. The van der Waals surface area contributed by atoms with Gasteiger partial charge in [-0.2, -0.15) is 0 Å². The molecule has 4 nitrogen and oxygen atoms in total. The van der Waals surface area contributed by atoms with E-state index in [4.69, 9.17) is 0 Å². The highest BCUT2D eigenvalue weighted by molar-refractivity contribution is 5.78. The van der Waals surface area contributed by atoms with Gasteiger partial charge in [0.25, 0.3) is 0 Å². The third-order valence-electron chi connectivity index (χ3n) is 2.98. The van der Waals surface area contributed by atoms with Crippen LogP contribution < -0.4 is 10.6 Å². The number of rotatable bonds is 11. The Morgan fingerprint density at radius 1 is 0.895 bits per heavy atom. The molecule has 112 valence electrons. The molecule has 0 unspecified atom stereocenters. The van der Waals surface area contributed by atoms with Crippen molar-refractivity contribution < 1.29 is 9.59 Å². The van der Waals surface area contributed by atoms with Gasteiger partial charge in [0.15, 0.2) is 0 Å². The monoisotopic (exact) mass is 270 g/mol. The maximum absolute atomic E-state index is 11.5. The summed E-state index contributed by atoms with van der Waals surface area (Å²) in [5.41, 5.74) is 0. The summed E-state index contributed by atoms with van der Waals surface area (Å²) < 4.78 is 0. The molecule has 0 spiro atoms. The molecule has 0 aromatic rings. The van der Waals surface area contributed by atoms with E-state index in [1.165, 1.54) is 19.3 Å². The van der Waals surface area contributed by atoms with Crippen LogP contribution in [0.15, 0.2) is 0 Å². The highest BCUT2D eigenvalue weighted by Crippen LogP contribution is 2.02. The molecule has 0 aliphatic rings. The number of amides is 2. The van der Waals surface area contributed by atoms with Crippen molar-refractivity contribution in [2.24, 2.45) is 5.92 Å². The second-order valence-electron chi connectivity index (χ2n) is 5.44. The summed E-state index contributed by atoms with van der Waals surface area (Å²) in [6.07, 6.45) is 6.47. The first-order valence-electron chi connectivity index (χ1n) is 7.59. The van der Waals surface area contributed by atoms with Crippen LogP contribution in [-0.2, 0) is 9.59 Å². The second-order valence-corrected chi connectivity index (χ2v) is 5.44. The van der Waals surface area contributed by atoms with E-state index in [9.17, 15) is 9.59 Å². The van der Waals surface area contributed by atoms with E-state index in [2.05, 4.69) is 31.4 Å². The number of hydrogen-bond donors (Lipinski definition) is 2. The van der Waals surface area contributed by atoms with Crippen LogP contribution in [-0.4, -0.2) is 24.9 Å². The van der Waals surface area contributed by atoms with Crippen LogP contribution in [0.3, 0.4) is 0 Å². The zero-order chi connectivity index (χ0) is 14.5. The molecule has 0 bridgehead atoms. The van der Waals surface area contributed by atoms with E-state index in [0.717, 1.165) is 19.4 Å².